The molecule has 2 aliphatic rings. The van der Waals surface area contributed by atoms with Crippen LogP contribution in [0.25, 0.3) is 0 Å². The first-order valence-electron chi connectivity index (χ1n) is 7.33. The fraction of sp³-hybridized carbons (Fsp3) is 0.625. The smallest absolute Gasteiger partial charge is 0.119 e. The van der Waals surface area contributed by atoms with Gasteiger partial charge in [0.05, 0.1) is 6.10 Å². The van der Waals surface area contributed by atoms with Gasteiger partial charge >= 0.3 is 0 Å². The van der Waals surface area contributed by atoms with Crippen LogP contribution in [0.4, 0.5) is 0 Å². The molecule has 98 valence electrons. The van der Waals surface area contributed by atoms with Crippen molar-refractivity contribution >= 4 is 0 Å². The second kappa shape index (κ2) is 5.31. The van der Waals surface area contributed by atoms with Gasteiger partial charge in [-0.1, -0.05) is 25.0 Å². The maximum absolute atomic E-state index is 6.21. The average Bonchev–Trinajstić information content (AvgIpc) is 3.04. The van der Waals surface area contributed by atoms with Crippen molar-refractivity contribution in [1.82, 2.24) is 0 Å². The topological polar surface area (TPSA) is 35.2 Å². The van der Waals surface area contributed by atoms with Crippen molar-refractivity contribution in [3.63, 3.8) is 0 Å². The lowest BCUT2D eigenvalue weighted by Crippen LogP contribution is -2.12. The molecule has 0 radical (unpaired) electrons. The van der Waals surface area contributed by atoms with Crippen LogP contribution >= 0.6 is 0 Å². The van der Waals surface area contributed by atoms with Crippen LogP contribution in [0, 0.1) is 5.92 Å². The highest BCUT2D eigenvalue weighted by Gasteiger charge is 2.24. The lowest BCUT2D eigenvalue weighted by atomic mass is 10.0. The van der Waals surface area contributed by atoms with Crippen molar-refractivity contribution in [3.8, 4) is 5.75 Å². The second-order valence-corrected chi connectivity index (χ2v) is 5.88. The first-order chi connectivity index (χ1) is 8.81. The van der Waals surface area contributed by atoms with E-state index in [0.29, 0.717) is 6.10 Å². The van der Waals surface area contributed by atoms with Crippen LogP contribution in [-0.2, 0) is 0 Å². The fourth-order valence-corrected chi connectivity index (χ4v) is 2.84. The van der Waals surface area contributed by atoms with E-state index in [1.807, 2.05) is 0 Å². The Kier molecular flexibility index (Phi) is 3.55. The van der Waals surface area contributed by atoms with Crippen LogP contribution < -0.4 is 10.5 Å². The summed E-state index contributed by atoms with van der Waals surface area (Å²) in [5.74, 6) is 1.89. The molecule has 0 heterocycles. The molecule has 0 saturated heterocycles. The third kappa shape index (κ3) is 3.05. The lowest BCUT2D eigenvalue weighted by molar-refractivity contribution is 0.210. The molecular weight excluding hydrogens is 222 g/mol. The molecule has 0 aromatic heterocycles. The summed E-state index contributed by atoms with van der Waals surface area (Å²) < 4.78 is 5.96. The molecule has 2 aliphatic carbocycles. The summed E-state index contributed by atoms with van der Waals surface area (Å²) >= 11 is 0. The van der Waals surface area contributed by atoms with Gasteiger partial charge in [0.2, 0.25) is 0 Å². The molecule has 0 amide bonds. The van der Waals surface area contributed by atoms with E-state index in [4.69, 9.17) is 10.5 Å². The van der Waals surface area contributed by atoms with Gasteiger partial charge in [0.25, 0.3) is 0 Å². The Balaban J connectivity index is 1.57. The van der Waals surface area contributed by atoms with Gasteiger partial charge in [-0.05, 0) is 55.7 Å². The van der Waals surface area contributed by atoms with Crippen molar-refractivity contribution in [2.45, 2.75) is 57.1 Å². The Morgan fingerprint density at radius 2 is 1.72 bits per heavy atom. The van der Waals surface area contributed by atoms with Crippen molar-refractivity contribution < 1.29 is 4.74 Å². The summed E-state index contributed by atoms with van der Waals surface area (Å²) in [5.41, 5.74) is 7.46. The van der Waals surface area contributed by atoms with Crippen molar-refractivity contribution in [3.05, 3.63) is 29.8 Å². The van der Waals surface area contributed by atoms with E-state index in [2.05, 4.69) is 24.3 Å². The standard InChI is InChI=1S/C16H23NO/c17-16(11-12-5-6-12)13-7-9-15(10-8-13)18-14-3-1-2-4-14/h7-10,12,14,16H,1-6,11,17H2. The largest absolute Gasteiger partial charge is 0.490 e. The Hall–Kier alpha value is -1.02. The highest BCUT2D eigenvalue weighted by molar-refractivity contribution is 5.29. The Bertz CT molecular complexity index is 377. The minimum atomic E-state index is 0.207. The monoisotopic (exact) mass is 245 g/mol. The van der Waals surface area contributed by atoms with Crippen LogP contribution in [0.15, 0.2) is 24.3 Å². The number of rotatable bonds is 5. The molecule has 1 atom stereocenters. The van der Waals surface area contributed by atoms with E-state index in [1.54, 1.807) is 0 Å². The van der Waals surface area contributed by atoms with E-state index >= 15 is 0 Å². The van der Waals surface area contributed by atoms with Gasteiger partial charge < -0.3 is 10.5 Å². The highest BCUT2D eigenvalue weighted by atomic mass is 16.5. The zero-order valence-corrected chi connectivity index (χ0v) is 11.0. The summed E-state index contributed by atoms with van der Waals surface area (Å²) in [7, 11) is 0. The fourth-order valence-electron chi connectivity index (χ4n) is 2.84. The molecule has 1 aromatic carbocycles. The molecule has 2 heteroatoms. The van der Waals surface area contributed by atoms with E-state index in [9.17, 15) is 0 Å². The van der Waals surface area contributed by atoms with Crippen LogP contribution in [-0.4, -0.2) is 6.10 Å². The summed E-state index contributed by atoms with van der Waals surface area (Å²) in [4.78, 5) is 0. The van der Waals surface area contributed by atoms with Gasteiger partial charge in [0.15, 0.2) is 0 Å². The summed E-state index contributed by atoms with van der Waals surface area (Å²) in [6.07, 6.45) is 9.38. The van der Waals surface area contributed by atoms with Crippen LogP contribution in [0.2, 0.25) is 0 Å². The Morgan fingerprint density at radius 1 is 1.06 bits per heavy atom. The average molecular weight is 245 g/mol. The van der Waals surface area contributed by atoms with Gasteiger partial charge in [0.1, 0.15) is 5.75 Å². The first kappa shape index (κ1) is 12.0. The minimum absolute atomic E-state index is 0.207. The lowest BCUT2D eigenvalue weighted by Gasteiger charge is -2.15. The molecule has 2 N–H and O–H groups in total. The van der Waals surface area contributed by atoms with Gasteiger partial charge in [-0.25, -0.2) is 0 Å². The van der Waals surface area contributed by atoms with Crippen LogP contribution in [0.5, 0.6) is 5.75 Å². The van der Waals surface area contributed by atoms with Gasteiger partial charge in [-0.2, -0.15) is 0 Å². The highest BCUT2D eigenvalue weighted by Crippen LogP contribution is 2.37. The number of hydrogen-bond acceptors (Lipinski definition) is 2. The quantitative estimate of drug-likeness (QED) is 0.856. The van der Waals surface area contributed by atoms with Crippen molar-refractivity contribution in [2.75, 3.05) is 0 Å². The van der Waals surface area contributed by atoms with Crippen molar-refractivity contribution in [2.24, 2.45) is 11.7 Å². The number of benzene rings is 1. The Labute approximate surface area is 110 Å². The summed E-state index contributed by atoms with van der Waals surface area (Å²) in [5, 5.41) is 0. The van der Waals surface area contributed by atoms with E-state index in [-0.39, 0.29) is 6.04 Å². The predicted octanol–water partition coefficient (Wildman–Crippen LogP) is 3.81. The second-order valence-electron chi connectivity index (χ2n) is 5.88. The zero-order valence-electron chi connectivity index (χ0n) is 11.0. The third-order valence-corrected chi connectivity index (χ3v) is 4.20. The molecule has 1 unspecified atom stereocenters. The maximum Gasteiger partial charge on any atom is 0.119 e. The van der Waals surface area contributed by atoms with Gasteiger partial charge in [-0.3, -0.25) is 0 Å². The molecule has 0 aliphatic heterocycles. The number of hydrogen-bond donors (Lipinski definition) is 1. The first-order valence-corrected chi connectivity index (χ1v) is 7.33. The molecular formula is C16H23NO. The maximum atomic E-state index is 6.21. The molecule has 2 saturated carbocycles. The van der Waals surface area contributed by atoms with Crippen LogP contribution in [0.3, 0.4) is 0 Å². The van der Waals surface area contributed by atoms with Crippen molar-refractivity contribution in [1.29, 1.82) is 0 Å². The molecule has 18 heavy (non-hydrogen) atoms. The van der Waals surface area contributed by atoms with E-state index in [0.717, 1.165) is 18.1 Å². The molecule has 1 aromatic rings. The zero-order chi connectivity index (χ0) is 12.4. The van der Waals surface area contributed by atoms with E-state index < -0.39 is 0 Å². The molecule has 0 bridgehead atoms. The van der Waals surface area contributed by atoms with Crippen LogP contribution in [0.1, 0.15) is 56.6 Å². The minimum Gasteiger partial charge on any atom is -0.490 e. The Morgan fingerprint density at radius 3 is 2.33 bits per heavy atom. The molecule has 2 fully saturated rings. The molecule has 3 rings (SSSR count). The third-order valence-electron chi connectivity index (χ3n) is 4.20. The number of ether oxygens (including phenoxy) is 1. The molecule has 2 nitrogen and oxygen atoms in total. The summed E-state index contributed by atoms with van der Waals surface area (Å²) in [6.45, 7) is 0. The van der Waals surface area contributed by atoms with Gasteiger partial charge in [-0.15, -0.1) is 0 Å². The predicted molar refractivity (Wildman–Crippen MR) is 73.6 cm³/mol. The number of nitrogens with two attached hydrogens (primary N) is 1. The molecule has 0 spiro atoms. The van der Waals surface area contributed by atoms with E-state index in [1.165, 1.54) is 44.1 Å². The normalized spacial score (nSPS) is 22.1. The SMILES string of the molecule is NC(CC1CC1)c1ccc(OC2CCCC2)cc1. The van der Waals surface area contributed by atoms with Gasteiger partial charge in [0, 0.05) is 6.04 Å². The summed E-state index contributed by atoms with van der Waals surface area (Å²) in [6, 6.07) is 8.65.